The van der Waals surface area contributed by atoms with Gasteiger partial charge in [0.1, 0.15) is 0 Å². The molecule has 1 aliphatic rings. The van der Waals surface area contributed by atoms with Crippen molar-refractivity contribution in [3.63, 3.8) is 0 Å². The zero-order chi connectivity index (χ0) is 14.0. The highest BCUT2D eigenvalue weighted by atomic mass is 32.2. The highest BCUT2D eigenvalue weighted by molar-refractivity contribution is 7.98. The fraction of sp³-hybridized carbons (Fsp3) is 0.375. The van der Waals surface area contributed by atoms with Gasteiger partial charge in [0.2, 0.25) is 0 Å². The number of thioether (sulfide) groups is 1. The number of fused-ring (bicyclic) bond motifs is 1. The first-order chi connectivity index (χ1) is 9.69. The van der Waals surface area contributed by atoms with Gasteiger partial charge in [-0.1, -0.05) is 24.3 Å². The molecule has 3 nitrogen and oxygen atoms in total. The van der Waals surface area contributed by atoms with Crippen molar-refractivity contribution in [1.82, 2.24) is 4.98 Å². The quantitative estimate of drug-likeness (QED) is 0.879. The van der Waals surface area contributed by atoms with Crippen molar-refractivity contribution >= 4 is 28.6 Å². The van der Waals surface area contributed by atoms with E-state index in [1.54, 1.807) is 0 Å². The Bertz CT molecular complexity index is 632. The van der Waals surface area contributed by atoms with Crippen molar-refractivity contribution in [2.75, 3.05) is 5.75 Å². The molecule has 0 amide bonds. The van der Waals surface area contributed by atoms with Gasteiger partial charge in [-0.15, -0.1) is 0 Å². The van der Waals surface area contributed by atoms with Crippen molar-refractivity contribution < 1.29 is 9.90 Å². The van der Waals surface area contributed by atoms with E-state index in [0.29, 0.717) is 6.42 Å². The predicted molar refractivity (Wildman–Crippen MR) is 81.8 cm³/mol. The molecule has 1 aliphatic carbocycles. The molecular weight excluding hydrogens is 270 g/mol. The van der Waals surface area contributed by atoms with Crippen LogP contribution in [-0.2, 0) is 10.5 Å². The number of benzene rings is 1. The number of hydrogen-bond acceptors (Lipinski definition) is 3. The van der Waals surface area contributed by atoms with Gasteiger partial charge in [-0.2, -0.15) is 11.8 Å². The van der Waals surface area contributed by atoms with E-state index in [4.69, 9.17) is 5.11 Å². The summed E-state index contributed by atoms with van der Waals surface area (Å²) in [5, 5.41) is 10.1. The van der Waals surface area contributed by atoms with Gasteiger partial charge in [-0.25, -0.2) is 0 Å². The average Bonchev–Trinajstić information content (AvgIpc) is 3.18. The van der Waals surface area contributed by atoms with E-state index in [9.17, 15) is 4.79 Å². The van der Waals surface area contributed by atoms with Gasteiger partial charge in [0.05, 0.1) is 11.9 Å². The smallest absolute Gasteiger partial charge is 0.303 e. The zero-order valence-corrected chi connectivity index (χ0v) is 12.0. The van der Waals surface area contributed by atoms with Crippen LogP contribution in [-0.4, -0.2) is 21.8 Å². The second-order valence-electron chi connectivity index (χ2n) is 5.56. The van der Waals surface area contributed by atoms with Crippen LogP contribution in [0.5, 0.6) is 0 Å². The summed E-state index contributed by atoms with van der Waals surface area (Å²) in [6.07, 6.45) is 4.25. The lowest BCUT2D eigenvalue weighted by atomic mass is 10.1. The number of carboxylic acid groups (broad SMARTS) is 1. The van der Waals surface area contributed by atoms with Crippen molar-refractivity contribution in [3.8, 4) is 0 Å². The molecule has 1 heterocycles. The van der Waals surface area contributed by atoms with Gasteiger partial charge >= 0.3 is 5.97 Å². The fourth-order valence-electron chi connectivity index (χ4n) is 2.53. The summed E-state index contributed by atoms with van der Waals surface area (Å²) in [5.74, 6) is 1.16. The first-order valence-corrected chi connectivity index (χ1v) is 7.96. The second-order valence-corrected chi connectivity index (χ2v) is 6.54. The lowest BCUT2D eigenvalue weighted by molar-refractivity contribution is -0.138. The number of carbonyl (C=O) groups is 1. The van der Waals surface area contributed by atoms with Crippen molar-refractivity contribution in [2.24, 2.45) is 5.41 Å². The monoisotopic (exact) mass is 287 g/mol. The summed E-state index contributed by atoms with van der Waals surface area (Å²) in [4.78, 5) is 15.3. The molecule has 0 bridgehead atoms. The van der Waals surface area contributed by atoms with Crippen LogP contribution in [0.3, 0.4) is 0 Å². The van der Waals surface area contributed by atoms with E-state index in [-0.39, 0.29) is 5.41 Å². The molecular formula is C16H17NO2S. The minimum Gasteiger partial charge on any atom is -0.481 e. The number of aliphatic carboxylic acids is 1. The predicted octanol–water partition coefficient (Wildman–Crippen LogP) is 3.72. The standard InChI is InChI=1S/C16H17NO2S/c18-14(19)9-16(6-7-16)11-20-10-13-4-1-3-12-5-2-8-17-15(12)13/h1-5,8H,6-7,9-11H2,(H,18,19). The lowest BCUT2D eigenvalue weighted by Crippen LogP contribution is -2.11. The SMILES string of the molecule is O=C(O)CC1(CSCc2cccc3cccnc23)CC1. The molecule has 104 valence electrons. The van der Waals surface area contributed by atoms with E-state index < -0.39 is 5.97 Å². The van der Waals surface area contributed by atoms with Crippen molar-refractivity contribution in [1.29, 1.82) is 0 Å². The number of rotatable bonds is 6. The molecule has 0 saturated heterocycles. The molecule has 0 radical (unpaired) electrons. The highest BCUT2D eigenvalue weighted by Gasteiger charge is 2.44. The first kappa shape index (κ1) is 13.4. The topological polar surface area (TPSA) is 50.2 Å². The molecule has 0 aliphatic heterocycles. The largest absolute Gasteiger partial charge is 0.481 e. The van der Waals surface area contributed by atoms with Crippen LogP contribution in [0.15, 0.2) is 36.5 Å². The van der Waals surface area contributed by atoms with Crippen LogP contribution in [0.2, 0.25) is 0 Å². The van der Waals surface area contributed by atoms with E-state index in [1.807, 2.05) is 24.0 Å². The Hall–Kier alpha value is -1.55. The zero-order valence-electron chi connectivity index (χ0n) is 11.2. The maximum atomic E-state index is 10.8. The van der Waals surface area contributed by atoms with Gasteiger partial charge in [-0.05, 0) is 35.6 Å². The number of nitrogens with zero attached hydrogens (tertiary/aromatic N) is 1. The molecule has 3 rings (SSSR count). The molecule has 1 fully saturated rings. The van der Waals surface area contributed by atoms with E-state index in [2.05, 4.69) is 29.2 Å². The van der Waals surface area contributed by atoms with Gasteiger partial charge in [0.15, 0.2) is 0 Å². The lowest BCUT2D eigenvalue weighted by Gasteiger charge is -2.12. The van der Waals surface area contributed by atoms with Crippen LogP contribution in [0.25, 0.3) is 10.9 Å². The molecule has 2 aromatic rings. The summed E-state index contributed by atoms with van der Waals surface area (Å²) >= 11 is 1.83. The van der Waals surface area contributed by atoms with Crippen LogP contribution in [0.4, 0.5) is 0 Å². The molecule has 0 atom stereocenters. The molecule has 1 aromatic carbocycles. The highest BCUT2D eigenvalue weighted by Crippen LogP contribution is 2.51. The maximum absolute atomic E-state index is 10.8. The molecule has 1 aromatic heterocycles. The van der Waals surface area contributed by atoms with Gasteiger partial charge in [0.25, 0.3) is 0 Å². The van der Waals surface area contributed by atoms with Gasteiger partial charge in [-0.3, -0.25) is 9.78 Å². The van der Waals surface area contributed by atoms with E-state index in [0.717, 1.165) is 35.3 Å². The Morgan fingerprint density at radius 1 is 1.30 bits per heavy atom. The number of carboxylic acids is 1. The number of hydrogen-bond donors (Lipinski definition) is 1. The van der Waals surface area contributed by atoms with E-state index >= 15 is 0 Å². The van der Waals surface area contributed by atoms with Crippen LogP contribution < -0.4 is 0 Å². The van der Waals surface area contributed by atoms with Crippen LogP contribution >= 0.6 is 11.8 Å². The normalized spacial score (nSPS) is 16.2. The first-order valence-electron chi connectivity index (χ1n) is 6.81. The Morgan fingerprint density at radius 3 is 2.85 bits per heavy atom. The summed E-state index contributed by atoms with van der Waals surface area (Å²) < 4.78 is 0. The molecule has 1 saturated carbocycles. The summed E-state index contributed by atoms with van der Waals surface area (Å²) in [5.41, 5.74) is 2.36. The molecule has 0 spiro atoms. The number of para-hydroxylation sites is 1. The fourth-order valence-corrected chi connectivity index (χ4v) is 3.91. The summed E-state index contributed by atoms with van der Waals surface area (Å²) in [6.45, 7) is 0. The third-order valence-corrected chi connectivity index (χ3v) is 5.20. The Labute approximate surface area is 122 Å². The summed E-state index contributed by atoms with van der Waals surface area (Å²) in [6, 6.07) is 10.3. The Balaban J connectivity index is 1.65. The third kappa shape index (κ3) is 2.96. The van der Waals surface area contributed by atoms with E-state index in [1.165, 1.54) is 5.56 Å². The average molecular weight is 287 g/mol. The molecule has 0 unspecified atom stereocenters. The summed E-state index contributed by atoms with van der Waals surface area (Å²) in [7, 11) is 0. The Kier molecular flexibility index (Phi) is 3.66. The minimum atomic E-state index is -0.671. The maximum Gasteiger partial charge on any atom is 0.303 e. The molecule has 1 N–H and O–H groups in total. The Morgan fingerprint density at radius 2 is 2.10 bits per heavy atom. The van der Waals surface area contributed by atoms with Crippen molar-refractivity contribution in [3.05, 3.63) is 42.1 Å². The van der Waals surface area contributed by atoms with Gasteiger partial charge < -0.3 is 5.11 Å². The second kappa shape index (κ2) is 5.44. The van der Waals surface area contributed by atoms with Crippen molar-refractivity contribution in [2.45, 2.75) is 25.0 Å². The molecule has 4 heteroatoms. The number of pyridine rings is 1. The number of aromatic nitrogens is 1. The minimum absolute atomic E-state index is 0.0640. The van der Waals surface area contributed by atoms with Crippen LogP contribution in [0.1, 0.15) is 24.8 Å². The van der Waals surface area contributed by atoms with Gasteiger partial charge in [0, 0.05) is 17.3 Å². The third-order valence-electron chi connectivity index (χ3n) is 3.87. The molecule has 20 heavy (non-hydrogen) atoms. The van der Waals surface area contributed by atoms with Crippen LogP contribution in [0, 0.1) is 5.41 Å².